The number of pyridine rings is 1. The number of nitro benzene ring substituents is 1. The molecule has 0 radical (unpaired) electrons. The molecule has 0 aliphatic heterocycles. The van der Waals surface area contributed by atoms with E-state index in [0.29, 0.717) is 20.6 Å². The molecule has 21 heavy (non-hydrogen) atoms. The van der Waals surface area contributed by atoms with Gasteiger partial charge in [0.15, 0.2) is 5.75 Å². The second kappa shape index (κ2) is 6.50. The molecule has 0 saturated heterocycles. The Bertz CT molecular complexity index is 652. The fourth-order valence-electron chi connectivity index (χ4n) is 1.58. The molecule has 1 heterocycles. The van der Waals surface area contributed by atoms with E-state index in [9.17, 15) is 10.1 Å². The molecule has 1 unspecified atom stereocenters. The van der Waals surface area contributed by atoms with Crippen LogP contribution in [0.25, 0.3) is 0 Å². The Labute approximate surface area is 137 Å². The molecule has 0 spiro atoms. The van der Waals surface area contributed by atoms with Crippen molar-refractivity contribution >= 4 is 37.5 Å². The van der Waals surface area contributed by atoms with Crippen molar-refractivity contribution in [3.05, 3.63) is 55.1 Å². The zero-order valence-electron chi connectivity index (χ0n) is 10.9. The number of nitro groups is 1. The zero-order chi connectivity index (χ0) is 15.6. The van der Waals surface area contributed by atoms with Gasteiger partial charge in [-0.3, -0.25) is 10.1 Å². The number of ether oxygens (including phenoxy) is 1. The first-order valence-corrected chi connectivity index (χ1v) is 7.50. The van der Waals surface area contributed by atoms with E-state index in [1.807, 2.05) is 13.0 Å². The summed E-state index contributed by atoms with van der Waals surface area (Å²) < 4.78 is 6.56. The molecular formula is C13H11Br2N3O3. The van der Waals surface area contributed by atoms with Gasteiger partial charge in [0, 0.05) is 30.4 Å². The van der Waals surface area contributed by atoms with Gasteiger partial charge < -0.3 is 10.5 Å². The molecule has 0 fully saturated rings. The standard InChI is InChI=1S/C13H11Br2N3O3/c1-7(16)8-2-3-12(17-6-8)21-13-10(14)4-9(18(19)20)5-11(13)15/h2-7H,16H2,1H3. The summed E-state index contributed by atoms with van der Waals surface area (Å²) in [5.41, 5.74) is 6.60. The van der Waals surface area contributed by atoms with Crippen LogP contribution in [-0.4, -0.2) is 9.91 Å². The maximum Gasteiger partial charge on any atom is 0.271 e. The molecule has 0 bridgehead atoms. The topological polar surface area (TPSA) is 91.3 Å². The van der Waals surface area contributed by atoms with Crippen LogP contribution in [0.2, 0.25) is 0 Å². The molecule has 2 aromatic rings. The predicted molar refractivity (Wildman–Crippen MR) is 85.4 cm³/mol. The highest BCUT2D eigenvalue weighted by molar-refractivity contribution is 9.11. The largest absolute Gasteiger partial charge is 0.437 e. The molecule has 6 nitrogen and oxygen atoms in total. The van der Waals surface area contributed by atoms with Crippen molar-refractivity contribution in [1.29, 1.82) is 0 Å². The zero-order valence-corrected chi connectivity index (χ0v) is 14.1. The first-order valence-electron chi connectivity index (χ1n) is 5.91. The van der Waals surface area contributed by atoms with Gasteiger partial charge in [0.25, 0.3) is 5.69 Å². The third-order valence-electron chi connectivity index (χ3n) is 2.69. The molecule has 0 aliphatic rings. The van der Waals surface area contributed by atoms with Gasteiger partial charge >= 0.3 is 0 Å². The number of rotatable bonds is 4. The second-order valence-corrected chi connectivity index (χ2v) is 6.02. The number of nitrogens with two attached hydrogens (primary N) is 1. The number of hydrogen-bond acceptors (Lipinski definition) is 5. The molecule has 8 heteroatoms. The third-order valence-corrected chi connectivity index (χ3v) is 3.86. The molecule has 0 aliphatic carbocycles. The SMILES string of the molecule is CC(N)c1ccc(Oc2c(Br)cc([N+](=O)[O-])cc2Br)nc1. The Morgan fingerprint density at radius 3 is 2.38 bits per heavy atom. The van der Waals surface area contributed by atoms with Crippen LogP contribution in [0.5, 0.6) is 11.6 Å². The minimum atomic E-state index is -0.477. The van der Waals surface area contributed by atoms with E-state index < -0.39 is 4.92 Å². The monoisotopic (exact) mass is 415 g/mol. The minimum Gasteiger partial charge on any atom is -0.437 e. The normalized spacial score (nSPS) is 12.0. The van der Waals surface area contributed by atoms with Gasteiger partial charge in [-0.2, -0.15) is 0 Å². The molecule has 1 atom stereocenters. The molecule has 1 aromatic heterocycles. The summed E-state index contributed by atoms with van der Waals surface area (Å²) in [5.74, 6) is 0.788. The highest BCUT2D eigenvalue weighted by Crippen LogP contribution is 2.39. The summed E-state index contributed by atoms with van der Waals surface area (Å²) in [6.07, 6.45) is 1.63. The fraction of sp³-hybridized carbons (Fsp3) is 0.154. The predicted octanol–water partition coefficient (Wildman–Crippen LogP) is 4.33. The fourth-order valence-corrected chi connectivity index (χ4v) is 2.90. The summed E-state index contributed by atoms with van der Waals surface area (Å²) in [6, 6.07) is 6.15. The third kappa shape index (κ3) is 3.78. The van der Waals surface area contributed by atoms with Gasteiger partial charge in [-0.05, 0) is 44.3 Å². The lowest BCUT2D eigenvalue weighted by Crippen LogP contribution is -2.05. The highest BCUT2D eigenvalue weighted by atomic mass is 79.9. The van der Waals surface area contributed by atoms with Crippen LogP contribution in [0.15, 0.2) is 39.4 Å². The van der Waals surface area contributed by atoms with E-state index in [1.54, 1.807) is 12.3 Å². The number of aromatic nitrogens is 1. The number of non-ortho nitro benzene ring substituents is 1. The van der Waals surface area contributed by atoms with E-state index in [1.165, 1.54) is 12.1 Å². The van der Waals surface area contributed by atoms with Crippen molar-refractivity contribution < 1.29 is 9.66 Å². The first kappa shape index (κ1) is 15.9. The van der Waals surface area contributed by atoms with E-state index in [2.05, 4.69) is 36.8 Å². The summed E-state index contributed by atoms with van der Waals surface area (Å²) in [5, 5.41) is 10.8. The van der Waals surface area contributed by atoms with E-state index in [0.717, 1.165) is 5.56 Å². The maximum atomic E-state index is 10.8. The van der Waals surface area contributed by atoms with E-state index >= 15 is 0 Å². The molecular weight excluding hydrogens is 406 g/mol. The lowest BCUT2D eigenvalue weighted by Gasteiger charge is -2.10. The minimum absolute atomic E-state index is 0.0404. The van der Waals surface area contributed by atoms with Crippen LogP contribution in [0.3, 0.4) is 0 Å². The lowest BCUT2D eigenvalue weighted by molar-refractivity contribution is -0.385. The number of benzene rings is 1. The van der Waals surface area contributed by atoms with Gasteiger partial charge in [0.05, 0.1) is 13.9 Å². The quantitative estimate of drug-likeness (QED) is 0.591. The van der Waals surface area contributed by atoms with Crippen LogP contribution in [0.1, 0.15) is 18.5 Å². The van der Waals surface area contributed by atoms with Gasteiger partial charge in [0.1, 0.15) is 0 Å². The molecule has 1 aromatic carbocycles. The summed E-state index contributed by atoms with van der Waals surface area (Å²) in [6.45, 7) is 1.86. The Hall–Kier alpha value is -1.51. The number of halogens is 2. The maximum absolute atomic E-state index is 10.8. The average Bonchev–Trinajstić information content (AvgIpc) is 2.43. The smallest absolute Gasteiger partial charge is 0.271 e. The van der Waals surface area contributed by atoms with E-state index in [-0.39, 0.29) is 11.7 Å². The highest BCUT2D eigenvalue weighted by Gasteiger charge is 2.16. The Balaban J connectivity index is 2.29. The summed E-state index contributed by atoms with van der Waals surface area (Å²) in [4.78, 5) is 14.5. The lowest BCUT2D eigenvalue weighted by atomic mass is 10.2. The van der Waals surface area contributed by atoms with E-state index in [4.69, 9.17) is 10.5 Å². The Morgan fingerprint density at radius 2 is 1.95 bits per heavy atom. The summed E-state index contributed by atoms with van der Waals surface area (Å²) >= 11 is 6.51. The average molecular weight is 417 g/mol. The van der Waals surface area contributed by atoms with Gasteiger partial charge in [0.2, 0.25) is 5.88 Å². The molecule has 2 N–H and O–H groups in total. The number of hydrogen-bond donors (Lipinski definition) is 1. The molecule has 110 valence electrons. The molecule has 0 saturated carbocycles. The first-order chi connectivity index (χ1) is 9.88. The van der Waals surface area contributed by atoms with Crippen LogP contribution in [0, 0.1) is 10.1 Å². The molecule has 2 rings (SSSR count). The van der Waals surface area contributed by atoms with Crippen LogP contribution in [-0.2, 0) is 0 Å². The van der Waals surface area contributed by atoms with Crippen molar-refractivity contribution in [2.24, 2.45) is 5.73 Å². The Kier molecular flexibility index (Phi) is 4.92. The van der Waals surface area contributed by atoms with Gasteiger partial charge in [-0.1, -0.05) is 6.07 Å². The second-order valence-electron chi connectivity index (χ2n) is 4.32. The van der Waals surface area contributed by atoms with Gasteiger partial charge in [-0.15, -0.1) is 0 Å². The van der Waals surface area contributed by atoms with Crippen molar-refractivity contribution in [2.45, 2.75) is 13.0 Å². The van der Waals surface area contributed by atoms with Crippen LogP contribution >= 0.6 is 31.9 Å². The Morgan fingerprint density at radius 1 is 1.33 bits per heavy atom. The van der Waals surface area contributed by atoms with Crippen LogP contribution in [0.4, 0.5) is 5.69 Å². The van der Waals surface area contributed by atoms with Crippen molar-refractivity contribution in [2.75, 3.05) is 0 Å². The van der Waals surface area contributed by atoms with Crippen molar-refractivity contribution in [1.82, 2.24) is 4.98 Å². The van der Waals surface area contributed by atoms with Crippen LogP contribution < -0.4 is 10.5 Å². The van der Waals surface area contributed by atoms with Gasteiger partial charge in [-0.25, -0.2) is 4.98 Å². The van der Waals surface area contributed by atoms with Crippen molar-refractivity contribution in [3.8, 4) is 11.6 Å². The van der Waals surface area contributed by atoms with Crippen molar-refractivity contribution in [3.63, 3.8) is 0 Å². The number of nitrogens with zero attached hydrogens (tertiary/aromatic N) is 2. The molecule has 0 amide bonds. The summed E-state index contributed by atoms with van der Waals surface area (Å²) in [7, 11) is 0.